The number of methoxy groups -OCH3 is 1. The summed E-state index contributed by atoms with van der Waals surface area (Å²) in [6.07, 6.45) is 4.92. The monoisotopic (exact) mass is 517 g/mol. The van der Waals surface area contributed by atoms with Gasteiger partial charge in [-0.3, -0.25) is 23.8 Å². The molecule has 0 aromatic carbocycles. The van der Waals surface area contributed by atoms with E-state index in [0.717, 1.165) is 44.8 Å². The molecular weight excluding hydrogens is 486 g/mol. The summed E-state index contributed by atoms with van der Waals surface area (Å²) in [5.41, 5.74) is 1.63. The number of ether oxygens (including phenoxy) is 2. The van der Waals surface area contributed by atoms with Gasteiger partial charge in [0.2, 0.25) is 0 Å². The lowest BCUT2D eigenvalue weighted by molar-refractivity contribution is -0.122. The molecule has 0 saturated carbocycles. The molecule has 2 aromatic rings. The first-order valence-corrected chi connectivity index (χ1v) is 13.0. The molecule has 0 spiro atoms. The molecule has 2 aromatic heterocycles. The Hall–Kier alpha value is -2.31. The van der Waals surface area contributed by atoms with Gasteiger partial charge >= 0.3 is 0 Å². The molecule has 0 radical (unpaired) electrons. The second-order valence-electron chi connectivity index (χ2n) is 8.48. The van der Waals surface area contributed by atoms with Crippen molar-refractivity contribution in [2.45, 2.75) is 19.8 Å². The van der Waals surface area contributed by atoms with Gasteiger partial charge in [-0.15, -0.1) is 0 Å². The summed E-state index contributed by atoms with van der Waals surface area (Å²) < 4.78 is 12.5. The number of aromatic nitrogens is 2. The van der Waals surface area contributed by atoms with Gasteiger partial charge in [-0.1, -0.05) is 30.0 Å². The lowest BCUT2D eigenvalue weighted by atomic mass is 10.2. The third kappa shape index (κ3) is 6.10. The fourth-order valence-corrected chi connectivity index (χ4v) is 5.39. The maximum atomic E-state index is 13.5. The number of carbonyl (C=O) groups excluding carboxylic acids is 1. The molecule has 35 heavy (non-hydrogen) atoms. The highest BCUT2D eigenvalue weighted by Crippen LogP contribution is 2.33. The normalized spacial score (nSPS) is 18.2. The van der Waals surface area contributed by atoms with E-state index < -0.39 is 0 Å². The number of hydrogen-bond acceptors (Lipinski definition) is 9. The molecular formula is C24H31N5O4S2. The number of pyridine rings is 1. The summed E-state index contributed by atoms with van der Waals surface area (Å²) >= 11 is 6.64. The molecule has 0 unspecified atom stereocenters. The van der Waals surface area contributed by atoms with E-state index in [9.17, 15) is 9.59 Å². The van der Waals surface area contributed by atoms with Crippen molar-refractivity contribution in [2.75, 3.05) is 65.0 Å². The van der Waals surface area contributed by atoms with E-state index in [4.69, 9.17) is 26.7 Å². The number of thiocarbonyl (C=S) groups is 1. The van der Waals surface area contributed by atoms with Crippen LogP contribution in [0.25, 0.3) is 11.7 Å². The van der Waals surface area contributed by atoms with Crippen LogP contribution in [0.15, 0.2) is 28.0 Å². The van der Waals surface area contributed by atoms with Gasteiger partial charge in [0.25, 0.3) is 11.5 Å². The van der Waals surface area contributed by atoms with E-state index >= 15 is 0 Å². The highest BCUT2D eigenvalue weighted by Gasteiger charge is 2.32. The van der Waals surface area contributed by atoms with E-state index in [-0.39, 0.29) is 11.5 Å². The Balaban J connectivity index is 1.59. The molecule has 2 fully saturated rings. The van der Waals surface area contributed by atoms with E-state index in [1.54, 1.807) is 24.3 Å². The Labute approximate surface area is 214 Å². The molecule has 1 N–H and O–H groups in total. The number of anilines is 1. The van der Waals surface area contributed by atoms with Gasteiger partial charge in [0.05, 0.1) is 23.7 Å². The molecule has 2 saturated heterocycles. The van der Waals surface area contributed by atoms with Crippen LogP contribution in [-0.2, 0) is 14.3 Å². The second kappa shape index (κ2) is 12.1. The number of rotatable bonds is 10. The Morgan fingerprint density at radius 3 is 2.83 bits per heavy atom. The van der Waals surface area contributed by atoms with Crippen LogP contribution in [0.2, 0.25) is 0 Å². The Morgan fingerprint density at radius 2 is 2.06 bits per heavy atom. The molecule has 0 atom stereocenters. The SMILES string of the molecule is COCCCN1C(=O)/C(=C\c2c(NCCCN3CCOCC3)nc3c(C)cccn3c2=O)SC1=S. The number of carbonyl (C=O) groups is 1. The van der Waals surface area contributed by atoms with Gasteiger partial charge in [0.15, 0.2) is 0 Å². The smallest absolute Gasteiger partial charge is 0.267 e. The van der Waals surface area contributed by atoms with Crippen LogP contribution in [0.3, 0.4) is 0 Å². The van der Waals surface area contributed by atoms with Crippen LogP contribution in [0, 0.1) is 6.92 Å². The molecule has 0 aliphatic carbocycles. The molecule has 1 amide bonds. The quantitative estimate of drug-likeness (QED) is 0.290. The fraction of sp³-hybridized carbons (Fsp3) is 0.500. The van der Waals surface area contributed by atoms with Crippen LogP contribution >= 0.6 is 24.0 Å². The van der Waals surface area contributed by atoms with Crippen molar-refractivity contribution >= 4 is 51.7 Å². The van der Waals surface area contributed by atoms with Crippen molar-refractivity contribution in [3.05, 3.63) is 44.7 Å². The van der Waals surface area contributed by atoms with Gasteiger partial charge in [0, 0.05) is 46.1 Å². The van der Waals surface area contributed by atoms with E-state index in [1.807, 2.05) is 19.1 Å². The Morgan fingerprint density at radius 1 is 1.26 bits per heavy atom. The topological polar surface area (TPSA) is 88.4 Å². The van der Waals surface area contributed by atoms with Crippen molar-refractivity contribution in [3.8, 4) is 0 Å². The van der Waals surface area contributed by atoms with Gasteiger partial charge in [-0.05, 0) is 44.0 Å². The zero-order valence-corrected chi connectivity index (χ0v) is 21.8. The van der Waals surface area contributed by atoms with Gasteiger partial charge in [-0.25, -0.2) is 4.98 Å². The highest BCUT2D eigenvalue weighted by atomic mass is 32.2. The number of amides is 1. The van der Waals surface area contributed by atoms with Crippen LogP contribution in [0.1, 0.15) is 24.0 Å². The van der Waals surface area contributed by atoms with Crippen molar-refractivity contribution in [3.63, 3.8) is 0 Å². The number of nitrogens with zero attached hydrogens (tertiary/aromatic N) is 4. The van der Waals surface area contributed by atoms with Crippen LogP contribution in [0.4, 0.5) is 5.82 Å². The number of morpholine rings is 1. The summed E-state index contributed by atoms with van der Waals surface area (Å²) in [4.78, 5) is 35.7. The van der Waals surface area contributed by atoms with Gasteiger partial charge < -0.3 is 14.8 Å². The number of nitrogens with one attached hydrogen (secondary N) is 1. The first-order chi connectivity index (χ1) is 17.0. The molecule has 11 heteroatoms. The molecule has 2 aliphatic heterocycles. The molecule has 188 valence electrons. The first kappa shape index (κ1) is 25.8. The summed E-state index contributed by atoms with van der Waals surface area (Å²) in [5.74, 6) is 0.291. The van der Waals surface area contributed by atoms with E-state index in [1.165, 1.54) is 16.2 Å². The molecule has 0 bridgehead atoms. The molecule has 2 aliphatic rings. The predicted molar refractivity (Wildman–Crippen MR) is 143 cm³/mol. The van der Waals surface area contributed by atoms with Crippen LogP contribution < -0.4 is 10.9 Å². The lowest BCUT2D eigenvalue weighted by Crippen LogP contribution is -2.37. The average molecular weight is 518 g/mol. The number of fused-ring (bicyclic) bond motifs is 1. The third-order valence-electron chi connectivity index (χ3n) is 6.01. The average Bonchev–Trinajstić information content (AvgIpc) is 3.12. The highest BCUT2D eigenvalue weighted by molar-refractivity contribution is 8.26. The standard InChI is InChI=1S/C24H31N5O4S2/c1-17-6-3-9-28-21(17)26-20(25-7-4-8-27-11-14-33-15-12-27)18(22(28)30)16-19-23(31)29(24(34)35-19)10-5-13-32-2/h3,6,9,16,25H,4-5,7-8,10-15H2,1-2H3/b19-16+. The largest absolute Gasteiger partial charge is 0.385 e. The number of thioether (sulfide) groups is 1. The summed E-state index contributed by atoms with van der Waals surface area (Å²) in [6, 6.07) is 3.74. The maximum Gasteiger partial charge on any atom is 0.267 e. The number of hydrogen-bond donors (Lipinski definition) is 1. The summed E-state index contributed by atoms with van der Waals surface area (Å²) in [7, 11) is 1.63. The first-order valence-electron chi connectivity index (χ1n) is 11.8. The zero-order chi connectivity index (χ0) is 24.8. The third-order valence-corrected chi connectivity index (χ3v) is 7.39. The zero-order valence-electron chi connectivity index (χ0n) is 20.1. The maximum absolute atomic E-state index is 13.5. The molecule has 9 nitrogen and oxygen atoms in total. The number of aryl methyl sites for hydroxylation is 1. The summed E-state index contributed by atoms with van der Waals surface area (Å²) in [6.45, 7) is 7.96. The Kier molecular flexibility index (Phi) is 8.90. The second-order valence-corrected chi connectivity index (χ2v) is 10.2. The van der Waals surface area contributed by atoms with Crippen molar-refractivity contribution < 1.29 is 14.3 Å². The molecule has 4 heterocycles. The predicted octanol–water partition coefficient (Wildman–Crippen LogP) is 2.37. The van der Waals surface area contributed by atoms with E-state index in [0.29, 0.717) is 52.4 Å². The van der Waals surface area contributed by atoms with Crippen LogP contribution in [0.5, 0.6) is 0 Å². The van der Waals surface area contributed by atoms with E-state index in [2.05, 4.69) is 10.2 Å². The minimum Gasteiger partial charge on any atom is -0.385 e. The summed E-state index contributed by atoms with van der Waals surface area (Å²) in [5, 5.41) is 3.36. The van der Waals surface area contributed by atoms with Crippen molar-refractivity contribution in [2.24, 2.45) is 0 Å². The van der Waals surface area contributed by atoms with Crippen molar-refractivity contribution in [1.82, 2.24) is 19.2 Å². The Bertz CT molecular complexity index is 1180. The van der Waals surface area contributed by atoms with Gasteiger partial charge in [0.1, 0.15) is 15.8 Å². The fourth-order valence-electron chi connectivity index (χ4n) is 4.10. The minimum atomic E-state index is -0.223. The van der Waals surface area contributed by atoms with Crippen molar-refractivity contribution in [1.29, 1.82) is 0 Å². The van der Waals surface area contributed by atoms with Gasteiger partial charge in [-0.2, -0.15) is 0 Å². The lowest BCUT2D eigenvalue weighted by Gasteiger charge is -2.26. The minimum absolute atomic E-state index is 0.192. The molecule has 4 rings (SSSR count). The van der Waals surface area contributed by atoms with Crippen LogP contribution in [-0.4, -0.2) is 89.1 Å².